The summed E-state index contributed by atoms with van der Waals surface area (Å²) in [6, 6.07) is 10.3. The summed E-state index contributed by atoms with van der Waals surface area (Å²) in [6.07, 6.45) is -0.359. The van der Waals surface area contributed by atoms with Crippen molar-refractivity contribution in [3.05, 3.63) is 65.2 Å². The van der Waals surface area contributed by atoms with E-state index in [2.05, 4.69) is 5.32 Å². The molecule has 30 heavy (non-hydrogen) atoms. The summed E-state index contributed by atoms with van der Waals surface area (Å²) in [4.78, 5) is 26.3. The molecule has 0 atom stereocenters. The lowest BCUT2D eigenvalue weighted by atomic mass is 10.1. The van der Waals surface area contributed by atoms with Crippen molar-refractivity contribution >= 4 is 17.7 Å². The lowest BCUT2D eigenvalue weighted by Gasteiger charge is -2.27. The Bertz CT molecular complexity index is 894. The summed E-state index contributed by atoms with van der Waals surface area (Å²) in [5, 5.41) is 2.80. The second-order valence-electron chi connectivity index (χ2n) is 7.94. The Hall–Kier alpha value is -2.96. The number of ether oxygens (including phenoxy) is 1. The van der Waals surface area contributed by atoms with Crippen LogP contribution in [0, 0.1) is 11.6 Å². The molecule has 0 heterocycles. The van der Waals surface area contributed by atoms with Gasteiger partial charge in [0.05, 0.1) is 6.54 Å². The number of hydrogen-bond donors (Lipinski definition) is 1. The summed E-state index contributed by atoms with van der Waals surface area (Å²) in [5.74, 6) is -1.41. The van der Waals surface area contributed by atoms with Gasteiger partial charge in [0.25, 0.3) is 0 Å². The molecule has 0 aliphatic heterocycles. The van der Waals surface area contributed by atoms with Gasteiger partial charge in [-0.15, -0.1) is 0 Å². The van der Waals surface area contributed by atoms with Crippen LogP contribution in [0.25, 0.3) is 0 Å². The van der Waals surface area contributed by atoms with E-state index in [4.69, 9.17) is 4.74 Å². The highest BCUT2D eigenvalue weighted by Gasteiger charge is 2.22. The first-order valence-electron chi connectivity index (χ1n) is 9.88. The second kappa shape index (κ2) is 10.2. The van der Waals surface area contributed by atoms with Gasteiger partial charge in [-0.2, -0.15) is 0 Å². The molecule has 0 saturated heterocycles. The number of carbonyl (C=O) groups excluding carboxylic acids is 2. The van der Waals surface area contributed by atoms with Crippen molar-refractivity contribution in [2.45, 2.75) is 52.7 Å². The van der Waals surface area contributed by atoms with Crippen LogP contribution in [0.2, 0.25) is 0 Å². The van der Waals surface area contributed by atoms with Crippen LogP contribution in [0.1, 0.15) is 45.2 Å². The molecular weight excluding hydrogens is 390 g/mol. The summed E-state index contributed by atoms with van der Waals surface area (Å²) >= 11 is 0. The monoisotopic (exact) mass is 418 g/mol. The maximum Gasteiger partial charge on any atom is 0.410 e. The molecule has 0 aliphatic rings. The minimum absolute atomic E-state index is 0.00172. The van der Waals surface area contributed by atoms with Crippen LogP contribution >= 0.6 is 0 Å². The molecule has 0 fully saturated rings. The van der Waals surface area contributed by atoms with Crippen LogP contribution in [-0.4, -0.2) is 29.0 Å². The number of anilines is 1. The van der Waals surface area contributed by atoms with Crippen molar-refractivity contribution in [1.29, 1.82) is 0 Å². The normalized spacial score (nSPS) is 11.1. The summed E-state index contributed by atoms with van der Waals surface area (Å²) < 4.78 is 32.4. The molecule has 0 aliphatic carbocycles. The van der Waals surface area contributed by atoms with Gasteiger partial charge in [0, 0.05) is 18.7 Å². The van der Waals surface area contributed by atoms with E-state index in [0.29, 0.717) is 12.2 Å². The number of amides is 2. The largest absolute Gasteiger partial charge is 0.444 e. The van der Waals surface area contributed by atoms with Gasteiger partial charge >= 0.3 is 6.09 Å². The molecule has 2 aromatic carbocycles. The van der Waals surface area contributed by atoms with Crippen molar-refractivity contribution in [1.82, 2.24) is 4.90 Å². The average molecular weight is 418 g/mol. The number of carbonyl (C=O) groups is 2. The zero-order chi connectivity index (χ0) is 22.3. The Kier molecular flexibility index (Phi) is 7.92. The van der Waals surface area contributed by atoms with Gasteiger partial charge in [-0.05, 0) is 69.5 Å². The summed E-state index contributed by atoms with van der Waals surface area (Å²) in [7, 11) is 0. The molecule has 2 aromatic rings. The molecule has 2 rings (SSSR count). The zero-order valence-electron chi connectivity index (χ0n) is 17.8. The van der Waals surface area contributed by atoms with Gasteiger partial charge < -0.3 is 15.0 Å². The van der Waals surface area contributed by atoms with E-state index < -0.39 is 23.3 Å². The SMILES string of the molecule is CCN(Cc1ccccc1NC(=O)CCc1cc(F)ccc1F)C(=O)OC(C)(C)C. The molecule has 0 aromatic heterocycles. The van der Waals surface area contributed by atoms with Crippen molar-refractivity contribution in [3.63, 3.8) is 0 Å². The number of benzene rings is 2. The Morgan fingerprint density at radius 2 is 1.77 bits per heavy atom. The first-order valence-corrected chi connectivity index (χ1v) is 9.88. The third-order valence-electron chi connectivity index (χ3n) is 4.32. The van der Waals surface area contributed by atoms with Crippen LogP contribution in [0.3, 0.4) is 0 Å². The van der Waals surface area contributed by atoms with E-state index in [0.717, 1.165) is 23.8 Å². The third kappa shape index (κ3) is 7.13. The highest BCUT2D eigenvalue weighted by molar-refractivity contribution is 5.91. The second-order valence-corrected chi connectivity index (χ2v) is 7.94. The maximum atomic E-state index is 13.7. The number of nitrogens with one attached hydrogen (secondary N) is 1. The molecule has 0 radical (unpaired) electrons. The predicted molar refractivity (Wildman–Crippen MR) is 112 cm³/mol. The van der Waals surface area contributed by atoms with Crippen LogP contribution in [0.4, 0.5) is 19.3 Å². The molecular formula is C23H28F2N2O3. The van der Waals surface area contributed by atoms with Gasteiger partial charge in [0.2, 0.25) is 5.91 Å². The molecule has 5 nitrogen and oxygen atoms in total. The lowest BCUT2D eigenvalue weighted by Crippen LogP contribution is -2.36. The van der Waals surface area contributed by atoms with Crippen LogP contribution in [-0.2, 0) is 22.5 Å². The van der Waals surface area contributed by atoms with Crippen molar-refractivity contribution < 1.29 is 23.1 Å². The van der Waals surface area contributed by atoms with E-state index in [9.17, 15) is 18.4 Å². The highest BCUT2D eigenvalue weighted by atomic mass is 19.1. The van der Waals surface area contributed by atoms with E-state index in [1.807, 2.05) is 19.1 Å². The molecule has 2 amide bonds. The summed E-state index contributed by atoms with van der Waals surface area (Å²) in [5.41, 5.74) is 0.852. The standard InChI is InChI=1S/C23H28F2N2O3/c1-5-27(22(29)30-23(2,3)4)15-17-8-6-7-9-20(17)26-21(28)13-10-16-14-18(24)11-12-19(16)25/h6-9,11-12,14H,5,10,13,15H2,1-4H3,(H,26,28). The van der Waals surface area contributed by atoms with Gasteiger partial charge in [-0.3, -0.25) is 4.79 Å². The number of para-hydroxylation sites is 1. The Morgan fingerprint density at radius 3 is 2.43 bits per heavy atom. The fraction of sp³-hybridized carbons (Fsp3) is 0.391. The van der Waals surface area contributed by atoms with Gasteiger partial charge in [0.15, 0.2) is 0 Å². The maximum absolute atomic E-state index is 13.7. The molecule has 0 spiro atoms. The first-order chi connectivity index (χ1) is 14.1. The fourth-order valence-corrected chi connectivity index (χ4v) is 2.81. The van der Waals surface area contributed by atoms with Crippen LogP contribution < -0.4 is 5.32 Å². The van der Waals surface area contributed by atoms with Gasteiger partial charge in [-0.25, -0.2) is 13.6 Å². The van der Waals surface area contributed by atoms with Gasteiger partial charge in [-0.1, -0.05) is 18.2 Å². The zero-order valence-corrected chi connectivity index (χ0v) is 17.8. The number of hydrogen-bond acceptors (Lipinski definition) is 3. The molecule has 1 N–H and O–H groups in total. The average Bonchev–Trinajstić information content (AvgIpc) is 2.66. The van der Waals surface area contributed by atoms with E-state index in [1.54, 1.807) is 37.8 Å². The Balaban J connectivity index is 2.04. The van der Waals surface area contributed by atoms with E-state index >= 15 is 0 Å². The molecule has 0 saturated carbocycles. The van der Waals surface area contributed by atoms with Crippen molar-refractivity contribution in [2.24, 2.45) is 0 Å². The molecule has 0 unspecified atom stereocenters. The Morgan fingerprint density at radius 1 is 1.07 bits per heavy atom. The Labute approximate surface area is 176 Å². The van der Waals surface area contributed by atoms with E-state index in [1.165, 1.54) is 0 Å². The number of rotatable bonds is 7. The molecule has 0 bridgehead atoms. The topological polar surface area (TPSA) is 58.6 Å². The molecule has 162 valence electrons. The van der Waals surface area contributed by atoms with Crippen LogP contribution in [0.5, 0.6) is 0 Å². The quantitative estimate of drug-likeness (QED) is 0.664. The van der Waals surface area contributed by atoms with Crippen LogP contribution in [0.15, 0.2) is 42.5 Å². The predicted octanol–water partition coefficient (Wildman–Crippen LogP) is 5.29. The van der Waals surface area contributed by atoms with Crippen molar-refractivity contribution in [3.8, 4) is 0 Å². The minimum Gasteiger partial charge on any atom is -0.444 e. The van der Waals surface area contributed by atoms with Gasteiger partial charge in [0.1, 0.15) is 17.2 Å². The molecule has 7 heteroatoms. The summed E-state index contributed by atoms with van der Waals surface area (Å²) in [6.45, 7) is 7.95. The smallest absolute Gasteiger partial charge is 0.410 e. The number of aryl methyl sites for hydroxylation is 1. The first kappa shape index (κ1) is 23.3. The lowest BCUT2D eigenvalue weighted by molar-refractivity contribution is -0.116. The number of nitrogens with zero attached hydrogens (tertiary/aromatic N) is 1. The fourth-order valence-electron chi connectivity index (χ4n) is 2.81. The van der Waals surface area contributed by atoms with E-state index in [-0.39, 0.29) is 30.9 Å². The third-order valence-corrected chi connectivity index (χ3v) is 4.32. The van der Waals surface area contributed by atoms with Crippen molar-refractivity contribution in [2.75, 3.05) is 11.9 Å². The minimum atomic E-state index is -0.607. The highest BCUT2D eigenvalue weighted by Crippen LogP contribution is 2.20. The number of halogens is 2.